The highest BCUT2D eigenvalue weighted by atomic mass is 32.3. The molecule has 1 heterocycles. The number of anilines is 5. The molecule has 2 amide bonds. The third kappa shape index (κ3) is 12.2. The molecule has 0 aliphatic heterocycles. The molecule has 0 unspecified atom stereocenters. The lowest BCUT2D eigenvalue weighted by Gasteiger charge is -2.12. The van der Waals surface area contributed by atoms with Gasteiger partial charge in [0.2, 0.25) is 11.9 Å². The minimum atomic E-state index is -5.10. The number of carbonyl (C=O) groups excluding carboxylic acids is 1. The molecule has 0 aliphatic carbocycles. The van der Waals surface area contributed by atoms with Gasteiger partial charge in [-0.2, -0.15) is 44.6 Å². The molecule has 5 aromatic rings. The molecule has 314 valence electrons. The van der Waals surface area contributed by atoms with Crippen molar-refractivity contribution in [2.45, 2.75) is 19.6 Å². The molecule has 25 nitrogen and oxygen atoms in total. The summed E-state index contributed by atoms with van der Waals surface area (Å²) in [4.78, 5) is 21.0. The van der Waals surface area contributed by atoms with E-state index < -0.39 is 86.4 Å². The van der Waals surface area contributed by atoms with Gasteiger partial charge < -0.3 is 21.7 Å². The maximum absolute atomic E-state index is 14.5. The summed E-state index contributed by atoms with van der Waals surface area (Å²) >= 11 is 0.282. The molecular formula is C28H24FN9O16S5. The third-order valence-electron chi connectivity index (χ3n) is 7.12. The average molecular weight is 922 g/mol. The van der Waals surface area contributed by atoms with Crippen LogP contribution in [0.5, 0.6) is 0 Å². The fourth-order valence-electron chi connectivity index (χ4n) is 4.79. The highest BCUT2D eigenvalue weighted by Crippen LogP contribution is 2.38. The lowest BCUT2D eigenvalue weighted by molar-refractivity contribution is -0.432. The predicted octanol–water partition coefficient (Wildman–Crippen LogP) is 4.07. The van der Waals surface area contributed by atoms with Gasteiger partial charge in [0.1, 0.15) is 21.2 Å². The number of carbonyl (C=O) groups is 1. The number of hydrogen-bond donors (Lipinski definition) is 8. The number of primary amides is 1. The number of aromatic nitrogens is 3. The molecular weight excluding hydrogens is 898 g/mol. The Kier molecular flexibility index (Phi) is 13.4. The monoisotopic (exact) mass is 921 g/mol. The Hall–Kier alpha value is -5.58. The Morgan fingerprint density at radius 1 is 0.780 bits per heavy atom. The van der Waals surface area contributed by atoms with Crippen molar-refractivity contribution in [1.29, 1.82) is 0 Å². The number of nitrogens with two attached hydrogens (primary N) is 1. The fourth-order valence-corrected chi connectivity index (χ4v) is 8.18. The normalized spacial score (nSPS) is 12.5. The average Bonchev–Trinajstić information content (AvgIpc) is 3.11. The molecule has 59 heavy (non-hydrogen) atoms. The van der Waals surface area contributed by atoms with Gasteiger partial charge in [-0.3, -0.25) is 13.7 Å². The number of amides is 2. The summed E-state index contributed by atoms with van der Waals surface area (Å²) in [6, 6.07) is 11.1. The highest BCUT2D eigenvalue weighted by molar-refractivity contribution is 7.94. The zero-order chi connectivity index (χ0) is 43.3. The molecule has 0 aliphatic rings. The molecule has 0 saturated heterocycles. The summed E-state index contributed by atoms with van der Waals surface area (Å²) in [5.41, 5.74) is 4.48. The number of benzene rings is 4. The number of azo groups is 1. The van der Waals surface area contributed by atoms with Crippen LogP contribution in [0.2, 0.25) is 0 Å². The Labute approximate surface area is 335 Å². The minimum Gasteiger partial charge on any atom is -0.351 e. The van der Waals surface area contributed by atoms with E-state index in [-0.39, 0.29) is 61.3 Å². The lowest BCUT2D eigenvalue weighted by atomic mass is 10.1. The molecule has 0 spiro atoms. The zero-order valence-corrected chi connectivity index (χ0v) is 32.8. The van der Waals surface area contributed by atoms with Crippen molar-refractivity contribution in [1.82, 2.24) is 15.0 Å². The van der Waals surface area contributed by atoms with Gasteiger partial charge in [0.05, 0.1) is 35.0 Å². The summed E-state index contributed by atoms with van der Waals surface area (Å²) in [6.07, 6.45) is -1.28. The molecule has 0 saturated carbocycles. The largest absolute Gasteiger partial charge is 0.397 e. The summed E-state index contributed by atoms with van der Waals surface area (Å²) in [7, 11) is -19.0. The predicted molar refractivity (Wildman–Crippen MR) is 200 cm³/mol. The highest BCUT2D eigenvalue weighted by Gasteiger charge is 2.23. The van der Waals surface area contributed by atoms with Gasteiger partial charge in [-0.15, -0.1) is 14.6 Å². The fraction of sp³-hybridized carbons (Fsp3) is 0.0714. The first-order chi connectivity index (χ1) is 27.5. The molecule has 0 radical (unpaired) electrons. The first kappa shape index (κ1) is 44.5. The second-order valence-corrected chi connectivity index (χ2v) is 17.9. The van der Waals surface area contributed by atoms with E-state index in [2.05, 4.69) is 54.7 Å². The van der Waals surface area contributed by atoms with Gasteiger partial charge in [-0.25, -0.2) is 22.7 Å². The first-order valence-corrected chi connectivity index (χ1v) is 21.9. The third-order valence-corrected chi connectivity index (χ3v) is 11.6. The molecule has 1 aromatic heterocycles. The van der Waals surface area contributed by atoms with Gasteiger partial charge in [-0.05, 0) is 72.1 Å². The molecule has 0 atom stereocenters. The van der Waals surface area contributed by atoms with Crippen LogP contribution in [0.1, 0.15) is 0 Å². The molecule has 0 bridgehead atoms. The van der Waals surface area contributed by atoms with Crippen LogP contribution in [0.3, 0.4) is 0 Å². The minimum absolute atomic E-state index is 0.0585. The van der Waals surface area contributed by atoms with Crippen LogP contribution >= 0.6 is 12.0 Å². The van der Waals surface area contributed by atoms with Crippen LogP contribution in [0.15, 0.2) is 96.5 Å². The van der Waals surface area contributed by atoms with Crippen molar-refractivity contribution in [3.63, 3.8) is 0 Å². The van der Waals surface area contributed by atoms with Crippen molar-refractivity contribution in [2.24, 2.45) is 16.0 Å². The van der Waals surface area contributed by atoms with E-state index >= 15 is 0 Å². The van der Waals surface area contributed by atoms with Crippen molar-refractivity contribution < 1.29 is 75.3 Å². The lowest BCUT2D eigenvalue weighted by Crippen LogP contribution is -2.19. The summed E-state index contributed by atoms with van der Waals surface area (Å²) in [5.74, 6) is -1.56. The van der Waals surface area contributed by atoms with E-state index in [9.17, 15) is 52.0 Å². The van der Waals surface area contributed by atoms with E-state index in [1.54, 1.807) is 0 Å². The molecule has 31 heteroatoms. The van der Waals surface area contributed by atoms with Crippen molar-refractivity contribution in [2.75, 3.05) is 28.3 Å². The van der Waals surface area contributed by atoms with E-state index in [1.165, 1.54) is 30.3 Å². The Bertz CT molecular complexity index is 2930. The van der Waals surface area contributed by atoms with E-state index in [4.69, 9.17) is 15.5 Å². The Morgan fingerprint density at radius 2 is 1.39 bits per heavy atom. The van der Waals surface area contributed by atoms with Gasteiger partial charge in [-0.1, -0.05) is 5.04 Å². The van der Waals surface area contributed by atoms with Gasteiger partial charge in [0, 0.05) is 21.7 Å². The number of hydrogen-bond acceptors (Lipinski definition) is 21. The Morgan fingerprint density at radius 3 is 1.98 bits per heavy atom. The zero-order valence-electron chi connectivity index (χ0n) is 28.7. The molecule has 0 fully saturated rings. The maximum Gasteiger partial charge on any atom is 0.397 e. The molecule has 5 rings (SSSR count). The van der Waals surface area contributed by atoms with Crippen molar-refractivity contribution in [3.05, 3.63) is 72.8 Å². The number of urea groups is 1. The number of halogens is 1. The smallest absolute Gasteiger partial charge is 0.351 e. The summed E-state index contributed by atoms with van der Waals surface area (Å²) in [6.45, 7) is -0.845. The summed E-state index contributed by atoms with van der Waals surface area (Å²) in [5, 5.41) is 26.7. The van der Waals surface area contributed by atoms with Crippen LogP contribution in [0.4, 0.5) is 49.5 Å². The SMILES string of the molecule is NC(=O)Nc1cc(Nc2nc(F)nc(Nc3ccc(S(=O)(=O)CCOS(=O)(=O)O)cc3)n2)ccc1N=Nc1cc2c(S(=O)(=O)O)cc(SOOO)cc2cc1S(=O)(=O)O. The van der Waals surface area contributed by atoms with Crippen molar-refractivity contribution >= 4 is 110 Å². The molecule has 4 aromatic carbocycles. The molecule has 9 N–H and O–H groups in total. The quantitative estimate of drug-likeness (QED) is 0.0214. The van der Waals surface area contributed by atoms with Crippen LogP contribution in [-0.2, 0) is 54.0 Å². The number of fused-ring (bicyclic) bond motifs is 1. The van der Waals surface area contributed by atoms with E-state index in [0.717, 1.165) is 36.4 Å². The first-order valence-electron chi connectivity index (χ1n) is 15.2. The summed E-state index contributed by atoms with van der Waals surface area (Å²) < 4.78 is 147. The number of nitrogens with zero attached hydrogens (tertiary/aromatic N) is 5. The van der Waals surface area contributed by atoms with Crippen LogP contribution in [0.25, 0.3) is 10.8 Å². The number of nitrogens with one attached hydrogen (secondary N) is 3. The topological polar surface area (TPSA) is 388 Å². The Balaban J connectivity index is 1.42. The standard InChI is InChI=1S/C28H24FN9O16S5/c29-25-34-27(31-15-1-4-18(5-2-15)56(41,42)8-7-52-59(49,50)51)36-28(35-25)32-16-3-6-20(21(11-16)33-26(30)39)37-38-22-13-19-14(10-24(22)58(46,47)48)9-17(55-54-53-40)12-23(19)57(43,44)45/h1-6,9-13,40H,7-8H2,(H3,30,33,39)(H,43,44,45)(H,46,47,48)(H,49,50,51)(H2,31,32,34,35,36). The van der Waals surface area contributed by atoms with Crippen LogP contribution < -0.4 is 21.7 Å². The van der Waals surface area contributed by atoms with Crippen LogP contribution in [0, 0.1) is 6.08 Å². The van der Waals surface area contributed by atoms with Crippen molar-refractivity contribution in [3.8, 4) is 0 Å². The van der Waals surface area contributed by atoms with E-state index in [0.29, 0.717) is 0 Å². The second-order valence-electron chi connectivity index (χ2n) is 11.2. The van der Waals surface area contributed by atoms with Gasteiger partial charge >= 0.3 is 22.5 Å². The number of sulfone groups is 1. The number of rotatable bonds is 17. The second kappa shape index (κ2) is 17.7. The van der Waals surface area contributed by atoms with Gasteiger partial charge in [0.15, 0.2) is 9.84 Å². The van der Waals surface area contributed by atoms with E-state index in [1.807, 2.05) is 0 Å². The van der Waals surface area contributed by atoms with Crippen LogP contribution in [-0.4, -0.2) is 85.9 Å². The van der Waals surface area contributed by atoms with Gasteiger partial charge in [0.25, 0.3) is 20.2 Å². The maximum atomic E-state index is 14.5.